The van der Waals surface area contributed by atoms with Gasteiger partial charge < -0.3 is 9.63 Å². The molecule has 0 saturated heterocycles. The van der Waals surface area contributed by atoms with Gasteiger partial charge in [0.1, 0.15) is 11.9 Å². The average molecular weight is 428 g/mol. The molecule has 2 unspecified atom stereocenters. The first-order valence-electron chi connectivity index (χ1n) is 6.64. The molecule has 1 heterocycles. The quantitative estimate of drug-likeness (QED) is 0.546. The molecule has 2 aromatic rings. The van der Waals surface area contributed by atoms with Crippen LogP contribution in [-0.4, -0.2) is 12.2 Å². The van der Waals surface area contributed by atoms with Crippen molar-refractivity contribution in [3.05, 3.63) is 69.3 Å². The maximum Gasteiger partial charge on any atom is 0.363 e. The Kier molecular flexibility index (Phi) is 4.41. The van der Waals surface area contributed by atoms with E-state index in [0.29, 0.717) is 5.31 Å². The van der Waals surface area contributed by atoms with Gasteiger partial charge in [-0.1, -0.05) is 42.5 Å². The number of phenols is 1. The monoisotopic (exact) mass is 428 g/mol. The highest BCUT2D eigenvalue weighted by Crippen LogP contribution is 2.71. The van der Waals surface area contributed by atoms with Gasteiger partial charge in [0.15, 0.2) is 0 Å². The summed E-state index contributed by atoms with van der Waals surface area (Å²) in [5.74, 6) is 0.144. The van der Waals surface area contributed by atoms with Crippen LogP contribution >= 0.6 is 30.2 Å². The van der Waals surface area contributed by atoms with E-state index in [-0.39, 0.29) is 5.75 Å². The molecule has 0 saturated carbocycles. The number of hydrogen-bond donors (Lipinski definition) is 1. The number of benzene rings is 2. The topological polar surface area (TPSA) is 55.8 Å². The number of halogens is 1. The molecule has 1 aliphatic rings. The van der Waals surface area contributed by atoms with E-state index in [2.05, 4.69) is 22.6 Å². The van der Waals surface area contributed by atoms with E-state index in [1.807, 2.05) is 36.4 Å². The number of hydrogen-bond acceptors (Lipinski definition) is 4. The van der Waals surface area contributed by atoms with Crippen molar-refractivity contribution in [3.63, 3.8) is 0 Å². The van der Waals surface area contributed by atoms with Gasteiger partial charge in [0.25, 0.3) is 0 Å². The Hall–Kier alpha value is -1.14. The van der Waals surface area contributed by atoms with Crippen molar-refractivity contribution in [2.75, 3.05) is 7.11 Å². The molecule has 0 radical (unpaired) electrons. The van der Waals surface area contributed by atoms with Crippen molar-refractivity contribution >= 4 is 35.5 Å². The second-order valence-electron chi connectivity index (χ2n) is 4.82. The van der Waals surface area contributed by atoms with Crippen LogP contribution < -0.4 is 0 Å². The van der Waals surface area contributed by atoms with Crippen LogP contribution in [0.5, 0.6) is 5.75 Å². The highest BCUT2D eigenvalue weighted by molar-refractivity contribution is 14.1. The third-order valence-electron chi connectivity index (χ3n) is 3.43. The summed E-state index contributed by atoms with van der Waals surface area (Å²) in [6.07, 6.45) is -0.506. The van der Waals surface area contributed by atoms with Gasteiger partial charge in [-0.3, -0.25) is 9.09 Å². The Morgan fingerprint density at radius 3 is 2.55 bits per heavy atom. The molecular formula is C16H14IO4P. The maximum atomic E-state index is 13.0. The summed E-state index contributed by atoms with van der Waals surface area (Å²) >= 11 is 2.14. The SMILES string of the molecule is COP1(=O)OC(c2cccc(O)c2)C(I)=C1c1ccccc1. The molecule has 0 spiro atoms. The van der Waals surface area contributed by atoms with Crippen LogP contribution in [0.4, 0.5) is 0 Å². The van der Waals surface area contributed by atoms with E-state index in [4.69, 9.17) is 9.05 Å². The summed E-state index contributed by atoms with van der Waals surface area (Å²) in [5.41, 5.74) is 1.56. The maximum absolute atomic E-state index is 13.0. The molecule has 2 atom stereocenters. The Balaban J connectivity index is 2.13. The van der Waals surface area contributed by atoms with E-state index in [0.717, 1.165) is 14.7 Å². The molecule has 2 aromatic carbocycles. The minimum atomic E-state index is -3.39. The lowest BCUT2D eigenvalue weighted by molar-refractivity contribution is 0.213. The largest absolute Gasteiger partial charge is 0.508 e. The Labute approximate surface area is 142 Å². The molecule has 4 nitrogen and oxygen atoms in total. The minimum absolute atomic E-state index is 0.144. The fourth-order valence-corrected chi connectivity index (χ4v) is 6.02. The second kappa shape index (κ2) is 6.16. The van der Waals surface area contributed by atoms with Gasteiger partial charge in [0, 0.05) is 10.7 Å². The molecule has 1 aliphatic heterocycles. The molecule has 0 aromatic heterocycles. The number of phenolic OH excluding ortho intramolecular Hbond substituents is 1. The summed E-state index contributed by atoms with van der Waals surface area (Å²) in [7, 11) is -2.00. The predicted molar refractivity (Wildman–Crippen MR) is 93.9 cm³/mol. The van der Waals surface area contributed by atoms with E-state index >= 15 is 0 Å². The third-order valence-corrected chi connectivity index (χ3v) is 6.98. The van der Waals surface area contributed by atoms with Gasteiger partial charge in [0.2, 0.25) is 0 Å². The molecule has 1 N–H and O–H groups in total. The van der Waals surface area contributed by atoms with Gasteiger partial charge in [0.05, 0.1) is 5.31 Å². The summed E-state index contributed by atoms with van der Waals surface area (Å²) in [6.45, 7) is 0. The summed E-state index contributed by atoms with van der Waals surface area (Å²) in [5, 5.41) is 10.2. The van der Waals surface area contributed by atoms with E-state index in [1.54, 1.807) is 18.2 Å². The normalized spacial score (nSPS) is 24.7. The predicted octanol–water partition coefficient (Wildman–Crippen LogP) is 5.11. The number of rotatable bonds is 3. The fourth-order valence-electron chi connectivity index (χ4n) is 2.41. The van der Waals surface area contributed by atoms with Gasteiger partial charge in [-0.25, -0.2) is 0 Å². The van der Waals surface area contributed by atoms with Crippen molar-refractivity contribution in [2.45, 2.75) is 6.10 Å². The van der Waals surface area contributed by atoms with Gasteiger partial charge in [-0.2, -0.15) is 0 Å². The molecule has 22 heavy (non-hydrogen) atoms. The zero-order valence-corrected chi connectivity index (χ0v) is 14.8. The summed E-state index contributed by atoms with van der Waals surface area (Å²) < 4.78 is 24.8. The van der Waals surface area contributed by atoms with Gasteiger partial charge in [-0.05, 0) is 45.9 Å². The standard InChI is InChI=1S/C16H14IO4P/c1-20-22(19)16(11-6-3-2-4-7-11)14(17)15(21-22)12-8-5-9-13(18)10-12/h2-10,15,18H,1H3. The highest BCUT2D eigenvalue weighted by atomic mass is 127. The first-order valence-corrected chi connectivity index (χ1v) is 9.26. The molecule has 0 bridgehead atoms. The van der Waals surface area contributed by atoms with Crippen LogP contribution in [0.25, 0.3) is 5.31 Å². The molecule has 0 amide bonds. The van der Waals surface area contributed by atoms with E-state index in [1.165, 1.54) is 7.11 Å². The lowest BCUT2D eigenvalue weighted by atomic mass is 10.1. The van der Waals surface area contributed by atoms with Crippen LogP contribution in [0.1, 0.15) is 17.2 Å². The van der Waals surface area contributed by atoms with Crippen molar-refractivity contribution in [1.82, 2.24) is 0 Å². The minimum Gasteiger partial charge on any atom is -0.508 e. The van der Waals surface area contributed by atoms with Crippen molar-refractivity contribution in [1.29, 1.82) is 0 Å². The van der Waals surface area contributed by atoms with Crippen LogP contribution in [0.2, 0.25) is 0 Å². The first-order chi connectivity index (χ1) is 10.5. The molecule has 0 fully saturated rings. The molecule has 114 valence electrons. The smallest absolute Gasteiger partial charge is 0.363 e. The zero-order valence-electron chi connectivity index (χ0n) is 11.8. The van der Waals surface area contributed by atoms with Crippen LogP contribution in [-0.2, 0) is 13.6 Å². The summed E-state index contributed by atoms with van der Waals surface area (Å²) in [4.78, 5) is 0. The molecule has 3 rings (SSSR count). The second-order valence-corrected chi connectivity index (χ2v) is 8.00. The fraction of sp³-hybridized carbons (Fsp3) is 0.125. The zero-order chi connectivity index (χ0) is 15.7. The third kappa shape index (κ3) is 2.74. The average Bonchev–Trinajstić information content (AvgIpc) is 2.80. The lowest BCUT2D eigenvalue weighted by Crippen LogP contribution is -1.96. The van der Waals surface area contributed by atoms with Gasteiger partial charge in [-0.15, -0.1) is 0 Å². The number of aromatic hydroxyl groups is 1. The first kappa shape index (κ1) is 15.7. The Bertz CT molecular complexity index is 773. The summed E-state index contributed by atoms with van der Waals surface area (Å²) in [6, 6.07) is 16.2. The lowest BCUT2D eigenvalue weighted by Gasteiger charge is -2.15. The highest BCUT2D eigenvalue weighted by Gasteiger charge is 2.44. The van der Waals surface area contributed by atoms with E-state index < -0.39 is 13.7 Å². The molecular weight excluding hydrogens is 414 g/mol. The van der Waals surface area contributed by atoms with Crippen molar-refractivity contribution in [3.8, 4) is 5.75 Å². The van der Waals surface area contributed by atoms with Crippen LogP contribution in [0.3, 0.4) is 0 Å². The van der Waals surface area contributed by atoms with Crippen molar-refractivity contribution in [2.24, 2.45) is 0 Å². The van der Waals surface area contributed by atoms with E-state index in [9.17, 15) is 9.67 Å². The Morgan fingerprint density at radius 2 is 1.91 bits per heavy atom. The molecule has 6 heteroatoms. The van der Waals surface area contributed by atoms with Crippen LogP contribution in [0, 0.1) is 0 Å². The van der Waals surface area contributed by atoms with Crippen LogP contribution in [0.15, 0.2) is 58.2 Å². The molecule has 0 aliphatic carbocycles. The Morgan fingerprint density at radius 1 is 1.18 bits per heavy atom. The van der Waals surface area contributed by atoms with Crippen molar-refractivity contribution < 1.29 is 18.7 Å². The van der Waals surface area contributed by atoms with Gasteiger partial charge >= 0.3 is 7.60 Å².